The van der Waals surface area contributed by atoms with Crippen molar-refractivity contribution in [1.29, 1.82) is 0 Å². The first-order valence-electron chi connectivity index (χ1n) is 9.17. The van der Waals surface area contributed by atoms with E-state index in [1.807, 2.05) is 78.9 Å². The van der Waals surface area contributed by atoms with E-state index in [1.54, 1.807) is 18.0 Å². The molecule has 0 atom stereocenters. The van der Waals surface area contributed by atoms with Crippen LogP contribution in [0.15, 0.2) is 88.9 Å². The van der Waals surface area contributed by atoms with Crippen LogP contribution in [0.5, 0.6) is 5.75 Å². The number of nitrogens with zero attached hydrogens (tertiary/aromatic N) is 1. The van der Waals surface area contributed by atoms with Gasteiger partial charge in [-0.25, -0.2) is 5.43 Å². The first-order chi connectivity index (χ1) is 14.2. The summed E-state index contributed by atoms with van der Waals surface area (Å²) in [6, 6.07) is 25.1. The summed E-state index contributed by atoms with van der Waals surface area (Å²) >= 11 is 7.47. The van der Waals surface area contributed by atoms with Crippen LogP contribution in [0.1, 0.15) is 17.5 Å². The summed E-state index contributed by atoms with van der Waals surface area (Å²) in [4.78, 5) is 13.1. The highest BCUT2D eigenvalue weighted by Gasteiger charge is 2.03. The SMILES string of the molecule is O=C(CCSc1ccc(Cl)cc1)N/N=C\c1ccccc1OCc1ccccc1. The number of halogens is 1. The number of para-hydroxylation sites is 1. The summed E-state index contributed by atoms with van der Waals surface area (Å²) in [7, 11) is 0. The molecule has 0 unspecified atom stereocenters. The molecule has 0 fully saturated rings. The van der Waals surface area contributed by atoms with Crippen molar-refractivity contribution in [2.45, 2.75) is 17.9 Å². The number of amides is 1. The molecular formula is C23H21ClN2O2S. The Hall–Kier alpha value is -2.76. The van der Waals surface area contributed by atoms with Crippen LogP contribution in [0.3, 0.4) is 0 Å². The number of nitrogens with one attached hydrogen (secondary N) is 1. The summed E-state index contributed by atoms with van der Waals surface area (Å²) in [5.41, 5.74) is 4.46. The first-order valence-corrected chi connectivity index (χ1v) is 10.5. The fraction of sp³-hybridized carbons (Fsp3) is 0.130. The quantitative estimate of drug-likeness (QED) is 0.278. The van der Waals surface area contributed by atoms with Crippen LogP contribution >= 0.6 is 23.4 Å². The third kappa shape index (κ3) is 7.29. The van der Waals surface area contributed by atoms with Crippen LogP contribution in [0.25, 0.3) is 0 Å². The number of hydrazone groups is 1. The third-order valence-corrected chi connectivity index (χ3v) is 5.23. The minimum atomic E-state index is -0.134. The Balaban J connectivity index is 1.45. The average molecular weight is 425 g/mol. The zero-order valence-electron chi connectivity index (χ0n) is 15.8. The lowest BCUT2D eigenvalue weighted by Gasteiger charge is -2.09. The van der Waals surface area contributed by atoms with Crippen molar-refractivity contribution in [3.05, 3.63) is 95.0 Å². The van der Waals surface area contributed by atoms with Crippen molar-refractivity contribution in [3.63, 3.8) is 0 Å². The molecule has 0 saturated carbocycles. The molecule has 0 radical (unpaired) electrons. The number of carbonyl (C=O) groups excluding carboxylic acids is 1. The Labute approximate surface area is 179 Å². The van der Waals surface area contributed by atoms with Crippen molar-refractivity contribution >= 4 is 35.5 Å². The van der Waals surface area contributed by atoms with Gasteiger partial charge in [0.25, 0.3) is 0 Å². The molecule has 1 amide bonds. The van der Waals surface area contributed by atoms with Crippen LogP contribution in [0.4, 0.5) is 0 Å². The lowest BCUT2D eigenvalue weighted by molar-refractivity contribution is -0.120. The van der Waals surface area contributed by atoms with Gasteiger partial charge in [-0.3, -0.25) is 4.79 Å². The van der Waals surface area contributed by atoms with Crippen LogP contribution in [-0.2, 0) is 11.4 Å². The molecule has 0 aromatic heterocycles. The Kier molecular flexibility index (Phi) is 8.16. The number of thioether (sulfide) groups is 1. The summed E-state index contributed by atoms with van der Waals surface area (Å²) in [6.07, 6.45) is 1.97. The van der Waals surface area contributed by atoms with Crippen molar-refractivity contribution in [2.24, 2.45) is 5.10 Å². The Morgan fingerprint density at radius 1 is 1.00 bits per heavy atom. The molecule has 3 aromatic carbocycles. The lowest BCUT2D eigenvalue weighted by Crippen LogP contribution is -2.17. The molecule has 0 heterocycles. The number of benzene rings is 3. The largest absolute Gasteiger partial charge is 0.488 e. The molecule has 0 aliphatic rings. The van der Waals surface area contributed by atoms with Crippen LogP contribution in [0.2, 0.25) is 5.02 Å². The van der Waals surface area contributed by atoms with Gasteiger partial charge in [0, 0.05) is 27.7 Å². The van der Waals surface area contributed by atoms with E-state index < -0.39 is 0 Å². The second-order valence-electron chi connectivity index (χ2n) is 6.16. The van der Waals surface area contributed by atoms with Crippen molar-refractivity contribution in [3.8, 4) is 5.75 Å². The van der Waals surface area contributed by atoms with Crippen molar-refractivity contribution in [1.82, 2.24) is 5.43 Å². The van der Waals surface area contributed by atoms with Gasteiger partial charge in [-0.2, -0.15) is 5.10 Å². The molecule has 3 rings (SSSR count). The zero-order valence-corrected chi connectivity index (χ0v) is 17.3. The normalized spacial score (nSPS) is 10.8. The van der Waals surface area contributed by atoms with E-state index >= 15 is 0 Å². The van der Waals surface area contributed by atoms with Gasteiger partial charge in [-0.1, -0.05) is 54.1 Å². The second kappa shape index (κ2) is 11.3. The van der Waals surface area contributed by atoms with Crippen LogP contribution in [0, 0.1) is 0 Å². The molecule has 1 N–H and O–H groups in total. The molecule has 3 aromatic rings. The van der Waals surface area contributed by atoms with Gasteiger partial charge >= 0.3 is 0 Å². The van der Waals surface area contributed by atoms with E-state index in [2.05, 4.69) is 10.5 Å². The average Bonchev–Trinajstić information content (AvgIpc) is 2.75. The number of hydrogen-bond acceptors (Lipinski definition) is 4. The summed E-state index contributed by atoms with van der Waals surface area (Å²) in [5.74, 6) is 1.25. The minimum absolute atomic E-state index is 0.134. The molecule has 0 bridgehead atoms. The van der Waals surface area contributed by atoms with Crippen molar-refractivity contribution in [2.75, 3.05) is 5.75 Å². The lowest BCUT2D eigenvalue weighted by atomic mass is 10.2. The van der Waals surface area contributed by atoms with E-state index in [0.29, 0.717) is 29.6 Å². The zero-order chi connectivity index (χ0) is 20.3. The third-order valence-electron chi connectivity index (χ3n) is 3.96. The maximum absolute atomic E-state index is 12.0. The predicted octanol–water partition coefficient (Wildman–Crippen LogP) is 5.55. The van der Waals surface area contributed by atoms with Gasteiger partial charge in [-0.15, -0.1) is 11.8 Å². The molecule has 0 saturated heterocycles. The number of rotatable bonds is 9. The highest BCUT2D eigenvalue weighted by molar-refractivity contribution is 7.99. The molecule has 0 spiro atoms. The number of ether oxygens (including phenoxy) is 1. The molecule has 0 aliphatic heterocycles. The van der Waals surface area contributed by atoms with E-state index in [-0.39, 0.29) is 5.91 Å². The smallest absolute Gasteiger partial charge is 0.240 e. The topological polar surface area (TPSA) is 50.7 Å². The van der Waals surface area contributed by atoms with Gasteiger partial charge in [0.05, 0.1) is 6.21 Å². The highest BCUT2D eigenvalue weighted by atomic mass is 35.5. The highest BCUT2D eigenvalue weighted by Crippen LogP contribution is 2.21. The number of hydrogen-bond donors (Lipinski definition) is 1. The first kappa shape index (κ1) is 21.0. The number of carbonyl (C=O) groups is 1. The Bertz CT molecular complexity index is 947. The van der Waals surface area contributed by atoms with E-state index in [1.165, 1.54) is 0 Å². The Morgan fingerprint density at radius 2 is 1.72 bits per heavy atom. The fourth-order valence-corrected chi connectivity index (χ4v) is 3.45. The monoisotopic (exact) mass is 424 g/mol. The van der Waals surface area contributed by atoms with Gasteiger partial charge in [0.2, 0.25) is 5.91 Å². The van der Waals surface area contributed by atoms with E-state index in [9.17, 15) is 4.79 Å². The Morgan fingerprint density at radius 3 is 2.52 bits per heavy atom. The maximum Gasteiger partial charge on any atom is 0.240 e. The van der Waals surface area contributed by atoms with Gasteiger partial charge in [0.15, 0.2) is 0 Å². The van der Waals surface area contributed by atoms with Crippen LogP contribution < -0.4 is 10.2 Å². The van der Waals surface area contributed by atoms with E-state index in [0.717, 1.165) is 16.0 Å². The van der Waals surface area contributed by atoms with E-state index in [4.69, 9.17) is 16.3 Å². The molecule has 148 valence electrons. The summed E-state index contributed by atoms with van der Waals surface area (Å²) in [5, 5.41) is 4.77. The minimum Gasteiger partial charge on any atom is -0.488 e. The summed E-state index contributed by atoms with van der Waals surface area (Å²) < 4.78 is 5.89. The summed E-state index contributed by atoms with van der Waals surface area (Å²) in [6.45, 7) is 0.472. The van der Waals surface area contributed by atoms with Crippen LogP contribution in [-0.4, -0.2) is 17.9 Å². The van der Waals surface area contributed by atoms with Gasteiger partial charge in [0.1, 0.15) is 12.4 Å². The second-order valence-corrected chi connectivity index (χ2v) is 7.76. The van der Waals surface area contributed by atoms with Gasteiger partial charge in [-0.05, 0) is 42.0 Å². The molecular weight excluding hydrogens is 404 g/mol. The predicted molar refractivity (Wildman–Crippen MR) is 120 cm³/mol. The van der Waals surface area contributed by atoms with Gasteiger partial charge < -0.3 is 4.74 Å². The maximum atomic E-state index is 12.0. The fourth-order valence-electron chi connectivity index (χ4n) is 2.48. The standard InChI is InChI=1S/C23H21ClN2O2S/c24-20-10-12-21(13-11-20)29-15-14-23(27)26-25-16-19-8-4-5-9-22(19)28-17-18-6-2-1-3-7-18/h1-13,16H,14-15,17H2,(H,26,27)/b25-16-. The molecule has 4 nitrogen and oxygen atoms in total. The molecule has 29 heavy (non-hydrogen) atoms. The van der Waals surface area contributed by atoms with Crippen molar-refractivity contribution < 1.29 is 9.53 Å². The molecule has 0 aliphatic carbocycles. The molecule has 6 heteroatoms.